The van der Waals surface area contributed by atoms with E-state index >= 15 is 0 Å². The lowest BCUT2D eigenvalue weighted by Gasteiger charge is -2.29. The first kappa shape index (κ1) is 17.2. The Bertz CT molecular complexity index is 654. The monoisotopic (exact) mass is 340 g/mol. The number of alkyl halides is 3. The van der Waals surface area contributed by atoms with Crippen LogP contribution in [0.1, 0.15) is 44.9 Å². The number of allylic oxidation sites excluding steroid dienone is 8. The number of halogens is 4. The van der Waals surface area contributed by atoms with Crippen molar-refractivity contribution >= 4 is 5.78 Å². The van der Waals surface area contributed by atoms with Gasteiger partial charge in [-0.05, 0) is 49.8 Å². The van der Waals surface area contributed by atoms with E-state index in [9.17, 15) is 22.4 Å². The molecule has 0 radical (unpaired) electrons. The molecule has 130 valence electrons. The van der Waals surface area contributed by atoms with Gasteiger partial charge in [-0.25, -0.2) is 17.6 Å². The van der Waals surface area contributed by atoms with E-state index < -0.39 is 36.7 Å². The summed E-state index contributed by atoms with van der Waals surface area (Å²) in [4.78, 5) is 12.4. The van der Waals surface area contributed by atoms with E-state index in [1.807, 2.05) is 6.08 Å². The second kappa shape index (κ2) is 6.69. The third-order valence-electron chi connectivity index (χ3n) is 4.93. The van der Waals surface area contributed by atoms with Crippen LogP contribution >= 0.6 is 0 Å². The topological polar surface area (TPSA) is 17.1 Å². The fraction of sp³-hybridized carbons (Fsp3) is 0.526. The van der Waals surface area contributed by atoms with E-state index in [2.05, 4.69) is 0 Å². The molecule has 0 aromatic carbocycles. The molecule has 0 aromatic heterocycles. The summed E-state index contributed by atoms with van der Waals surface area (Å²) in [5, 5.41) is 0. The molecule has 0 spiro atoms. The maximum atomic E-state index is 14.5. The van der Waals surface area contributed by atoms with Crippen molar-refractivity contribution in [2.75, 3.05) is 0 Å². The molecule has 2 atom stereocenters. The number of hydrogen-bond acceptors (Lipinski definition) is 1. The minimum absolute atomic E-state index is 0.0262. The number of rotatable bonds is 3. The van der Waals surface area contributed by atoms with Crippen LogP contribution in [0.15, 0.2) is 46.9 Å². The number of Topliss-reactive ketones (excluding diaryl/α,β-unsaturated/α-hetero) is 1. The van der Waals surface area contributed by atoms with Crippen molar-refractivity contribution in [3.05, 3.63) is 46.9 Å². The summed E-state index contributed by atoms with van der Waals surface area (Å²) in [6.07, 6.45) is 6.06. The number of carbonyl (C=O) groups excluding carboxylic acids is 1. The van der Waals surface area contributed by atoms with Crippen LogP contribution in [0.4, 0.5) is 17.6 Å². The lowest BCUT2D eigenvalue weighted by molar-refractivity contribution is -0.112. The van der Waals surface area contributed by atoms with E-state index in [4.69, 9.17) is 0 Å². The van der Waals surface area contributed by atoms with Gasteiger partial charge in [0, 0.05) is 18.4 Å². The van der Waals surface area contributed by atoms with Crippen LogP contribution in [-0.4, -0.2) is 17.9 Å². The first-order valence-electron chi connectivity index (χ1n) is 8.41. The molecule has 0 N–H and O–H groups in total. The van der Waals surface area contributed by atoms with E-state index in [-0.39, 0.29) is 17.8 Å². The van der Waals surface area contributed by atoms with Gasteiger partial charge >= 0.3 is 0 Å². The highest BCUT2D eigenvalue weighted by molar-refractivity contribution is 6.10. The molecule has 0 aliphatic heterocycles. The Kier molecular flexibility index (Phi) is 4.79. The van der Waals surface area contributed by atoms with E-state index in [0.717, 1.165) is 31.4 Å². The molecular formula is C19H20F4O. The van der Waals surface area contributed by atoms with Gasteiger partial charge in [-0.15, -0.1) is 0 Å². The summed E-state index contributed by atoms with van der Waals surface area (Å²) in [5.41, 5.74) is 1.01. The summed E-state index contributed by atoms with van der Waals surface area (Å²) in [6, 6.07) is 0. The molecule has 3 rings (SSSR count). The van der Waals surface area contributed by atoms with Gasteiger partial charge in [0.25, 0.3) is 5.92 Å². The summed E-state index contributed by atoms with van der Waals surface area (Å²) >= 11 is 0. The number of carbonyl (C=O) groups is 1. The van der Waals surface area contributed by atoms with Crippen molar-refractivity contribution in [1.82, 2.24) is 0 Å². The Morgan fingerprint density at radius 3 is 2.54 bits per heavy atom. The molecule has 0 amide bonds. The molecule has 5 heteroatoms. The van der Waals surface area contributed by atoms with Crippen molar-refractivity contribution in [2.45, 2.75) is 57.0 Å². The van der Waals surface area contributed by atoms with Crippen LogP contribution < -0.4 is 0 Å². The van der Waals surface area contributed by atoms with E-state index in [0.29, 0.717) is 17.6 Å². The largest absolute Gasteiger partial charge is 0.289 e. The fourth-order valence-corrected chi connectivity index (χ4v) is 3.55. The number of ketones is 1. The Labute approximate surface area is 138 Å². The zero-order valence-corrected chi connectivity index (χ0v) is 13.3. The van der Waals surface area contributed by atoms with Crippen LogP contribution in [0, 0.1) is 5.92 Å². The molecule has 3 aliphatic carbocycles. The first-order valence-corrected chi connectivity index (χ1v) is 8.41. The number of hydrogen-bond donors (Lipinski definition) is 0. The van der Waals surface area contributed by atoms with Crippen LogP contribution in [0.2, 0.25) is 0 Å². The van der Waals surface area contributed by atoms with Crippen molar-refractivity contribution in [3.8, 4) is 0 Å². The van der Waals surface area contributed by atoms with Gasteiger partial charge < -0.3 is 0 Å². The Balaban J connectivity index is 1.78. The molecule has 0 saturated carbocycles. The van der Waals surface area contributed by atoms with E-state index in [1.54, 1.807) is 0 Å². The third kappa shape index (κ3) is 3.55. The summed E-state index contributed by atoms with van der Waals surface area (Å²) < 4.78 is 55.3. The van der Waals surface area contributed by atoms with Crippen LogP contribution in [0.3, 0.4) is 0 Å². The van der Waals surface area contributed by atoms with Gasteiger partial charge in [0.1, 0.15) is 12.0 Å². The van der Waals surface area contributed by atoms with Gasteiger partial charge in [0.15, 0.2) is 5.78 Å². The summed E-state index contributed by atoms with van der Waals surface area (Å²) in [7, 11) is 0. The lowest BCUT2D eigenvalue weighted by Crippen LogP contribution is -2.27. The standard InChI is InChI=1S/C19H20F4O/c20-15-10-14(18(24)13-4-2-1-3-5-13)11-16(21)17(15)12-6-8-19(22,23)9-7-12/h4,6,10-11,15,17H,1-3,5,7-9H2. The van der Waals surface area contributed by atoms with Crippen molar-refractivity contribution in [3.63, 3.8) is 0 Å². The molecule has 0 heterocycles. The van der Waals surface area contributed by atoms with Crippen molar-refractivity contribution in [1.29, 1.82) is 0 Å². The average Bonchev–Trinajstić information content (AvgIpc) is 2.55. The quantitative estimate of drug-likeness (QED) is 0.486. The van der Waals surface area contributed by atoms with Crippen LogP contribution in [0.5, 0.6) is 0 Å². The third-order valence-corrected chi connectivity index (χ3v) is 4.93. The van der Waals surface area contributed by atoms with Crippen molar-refractivity contribution in [2.24, 2.45) is 5.92 Å². The Morgan fingerprint density at radius 1 is 1.17 bits per heavy atom. The first-order chi connectivity index (χ1) is 11.4. The van der Waals surface area contributed by atoms with E-state index in [1.165, 1.54) is 6.08 Å². The average molecular weight is 340 g/mol. The molecule has 0 aromatic rings. The summed E-state index contributed by atoms with van der Waals surface area (Å²) in [6.45, 7) is 0. The van der Waals surface area contributed by atoms with Crippen molar-refractivity contribution < 1.29 is 22.4 Å². The maximum Gasteiger partial charge on any atom is 0.251 e. The Morgan fingerprint density at radius 2 is 1.96 bits per heavy atom. The predicted octanol–water partition coefficient (Wildman–Crippen LogP) is 5.55. The highest BCUT2D eigenvalue weighted by atomic mass is 19.3. The molecule has 0 bridgehead atoms. The highest BCUT2D eigenvalue weighted by Crippen LogP contribution is 2.41. The van der Waals surface area contributed by atoms with Gasteiger partial charge in [-0.2, -0.15) is 0 Å². The van der Waals surface area contributed by atoms with Gasteiger partial charge in [-0.3, -0.25) is 4.79 Å². The molecule has 0 fully saturated rings. The zero-order valence-electron chi connectivity index (χ0n) is 13.3. The summed E-state index contributed by atoms with van der Waals surface area (Å²) in [5.74, 6) is -5.04. The lowest BCUT2D eigenvalue weighted by atomic mass is 9.80. The molecule has 1 nitrogen and oxygen atoms in total. The normalized spacial score (nSPS) is 30.0. The molecule has 3 aliphatic rings. The second-order valence-electron chi connectivity index (χ2n) is 6.72. The van der Waals surface area contributed by atoms with Gasteiger partial charge in [0.2, 0.25) is 0 Å². The fourth-order valence-electron chi connectivity index (χ4n) is 3.55. The maximum absolute atomic E-state index is 14.5. The molecule has 2 unspecified atom stereocenters. The minimum Gasteiger partial charge on any atom is -0.289 e. The minimum atomic E-state index is -2.80. The predicted molar refractivity (Wildman–Crippen MR) is 84.1 cm³/mol. The highest BCUT2D eigenvalue weighted by Gasteiger charge is 2.38. The molecular weight excluding hydrogens is 320 g/mol. The zero-order chi connectivity index (χ0) is 17.3. The SMILES string of the molecule is O=C(C1=CC(F)C(C2=CCC(F)(F)CC2)C(F)=C1)C1=CCCCC1. The van der Waals surface area contributed by atoms with Gasteiger partial charge in [-0.1, -0.05) is 17.7 Å². The molecule has 0 saturated heterocycles. The Hall–Kier alpha value is -1.65. The van der Waals surface area contributed by atoms with Crippen LogP contribution in [0.25, 0.3) is 0 Å². The molecule has 24 heavy (non-hydrogen) atoms. The van der Waals surface area contributed by atoms with Gasteiger partial charge in [0.05, 0.1) is 5.92 Å². The second-order valence-corrected chi connectivity index (χ2v) is 6.72. The smallest absolute Gasteiger partial charge is 0.251 e. The van der Waals surface area contributed by atoms with Crippen LogP contribution in [-0.2, 0) is 4.79 Å².